The molecule has 0 spiro atoms. The van der Waals surface area contributed by atoms with Crippen LogP contribution in [0.4, 0.5) is 0 Å². The molecule has 3 heteroatoms. The number of hydrogen-bond acceptors (Lipinski definition) is 3. The monoisotopic (exact) mass is 270 g/mol. The quantitative estimate of drug-likeness (QED) is 0.846. The molecule has 0 aliphatic carbocycles. The van der Waals surface area contributed by atoms with Crippen LogP contribution in [0.1, 0.15) is 40.0 Å². The molecule has 0 saturated carbocycles. The van der Waals surface area contributed by atoms with Crippen LogP contribution in [-0.2, 0) is 0 Å². The van der Waals surface area contributed by atoms with Gasteiger partial charge >= 0.3 is 0 Å². The number of thioether (sulfide) groups is 1. The molecule has 0 bridgehead atoms. The van der Waals surface area contributed by atoms with Gasteiger partial charge in [-0.25, -0.2) is 0 Å². The van der Waals surface area contributed by atoms with Crippen LogP contribution in [0.25, 0.3) is 0 Å². The third-order valence-corrected chi connectivity index (χ3v) is 5.91. The number of piperidine rings is 1. The first-order valence-corrected chi connectivity index (χ1v) is 8.81. The second-order valence-corrected chi connectivity index (χ2v) is 7.76. The van der Waals surface area contributed by atoms with E-state index in [2.05, 4.69) is 42.7 Å². The molecule has 1 atom stereocenters. The molecule has 1 N–H and O–H groups in total. The fraction of sp³-hybridized carbons (Fsp3) is 1.00. The molecule has 0 aromatic rings. The molecule has 0 aromatic heterocycles. The van der Waals surface area contributed by atoms with Crippen LogP contribution < -0.4 is 5.32 Å². The van der Waals surface area contributed by atoms with Crippen molar-refractivity contribution in [2.75, 3.05) is 37.7 Å². The van der Waals surface area contributed by atoms with Crippen molar-refractivity contribution in [3.63, 3.8) is 0 Å². The zero-order chi connectivity index (χ0) is 13.0. The number of hydrogen-bond donors (Lipinski definition) is 1. The minimum absolute atomic E-state index is 0.508. The molecule has 106 valence electrons. The lowest BCUT2D eigenvalue weighted by Crippen LogP contribution is -2.51. The van der Waals surface area contributed by atoms with Crippen LogP contribution in [0.5, 0.6) is 0 Å². The van der Waals surface area contributed by atoms with Crippen molar-refractivity contribution in [3.8, 4) is 0 Å². The van der Waals surface area contributed by atoms with Gasteiger partial charge in [-0.2, -0.15) is 11.8 Å². The maximum absolute atomic E-state index is 3.48. The van der Waals surface area contributed by atoms with E-state index in [0.29, 0.717) is 5.41 Å². The van der Waals surface area contributed by atoms with Gasteiger partial charge in [-0.05, 0) is 56.0 Å². The largest absolute Gasteiger partial charge is 0.317 e. The van der Waals surface area contributed by atoms with Gasteiger partial charge in [0.1, 0.15) is 0 Å². The van der Waals surface area contributed by atoms with Crippen LogP contribution in [0.3, 0.4) is 0 Å². The van der Waals surface area contributed by atoms with E-state index < -0.39 is 0 Å². The van der Waals surface area contributed by atoms with Crippen LogP contribution in [0, 0.1) is 11.3 Å². The van der Waals surface area contributed by atoms with Crippen molar-refractivity contribution < 1.29 is 0 Å². The first-order chi connectivity index (χ1) is 8.63. The molecule has 1 unspecified atom stereocenters. The topological polar surface area (TPSA) is 15.3 Å². The lowest BCUT2D eigenvalue weighted by molar-refractivity contribution is 0.0808. The third-order valence-electron chi connectivity index (χ3n) is 4.87. The van der Waals surface area contributed by atoms with Crippen molar-refractivity contribution in [2.24, 2.45) is 11.3 Å². The second-order valence-electron chi connectivity index (χ2n) is 6.61. The minimum Gasteiger partial charge on any atom is -0.317 e. The summed E-state index contributed by atoms with van der Waals surface area (Å²) in [5, 5.41) is 3.48. The van der Waals surface area contributed by atoms with Crippen LogP contribution in [0.2, 0.25) is 0 Å². The third kappa shape index (κ3) is 3.64. The Morgan fingerprint density at radius 3 is 2.61 bits per heavy atom. The van der Waals surface area contributed by atoms with E-state index in [9.17, 15) is 0 Å². The first kappa shape index (κ1) is 14.7. The SMILES string of the molecule is CCN(CC1CCNCC1)C1CSCCC1(C)C. The Bertz CT molecular complexity index is 249. The van der Waals surface area contributed by atoms with Gasteiger partial charge in [-0.3, -0.25) is 4.90 Å². The summed E-state index contributed by atoms with van der Waals surface area (Å²) in [5.74, 6) is 3.62. The molecule has 2 fully saturated rings. The van der Waals surface area contributed by atoms with Crippen molar-refractivity contribution in [1.29, 1.82) is 0 Å². The molecular formula is C15H30N2S. The van der Waals surface area contributed by atoms with Crippen molar-refractivity contribution >= 4 is 11.8 Å². The predicted molar refractivity (Wildman–Crippen MR) is 82.4 cm³/mol. The average Bonchev–Trinajstić information content (AvgIpc) is 2.37. The highest BCUT2D eigenvalue weighted by Gasteiger charge is 2.36. The molecule has 2 nitrogen and oxygen atoms in total. The molecule has 2 rings (SSSR count). The highest BCUT2D eigenvalue weighted by Crippen LogP contribution is 2.37. The zero-order valence-corrected chi connectivity index (χ0v) is 13.2. The number of nitrogens with zero attached hydrogens (tertiary/aromatic N) is 1. The summed E-state index contributed by atoms with van der Waals surface area (Å²) in [6.07, 6.45) is 4.12. The minimum atomic E-state index is 0.508. The van der Waals surface area contributed by atoms with E-state index in [1.807, 2.05) is 0 Å². The molecule has 2 aliphatic heterocycles. The van der Waals surface area contributed by atoms with Gasteiger partial charge in [-0.15, -0.1) is 0 Å². The highest BCUT2D eigenvalue weighted by atomic mass is 32.2. The molecule has 18 heavy (non-hydrogen) atoms. The normalized spacial score (nSPS) is 29.7. The van der Waals surface area contributed by atoms with Gasteiger partial charge in [0.05, 0.1) is 0 Å². The Morgan fingerprint density at radius 1 is 1.28 bits per heavy atom. The zero-order valence-electron chi connectivity index (χ0n) is 12.4. The van der Waals surface area contributed by atoms with Gasteiger partial charge in [0.2, 0.25) is 0 Å². The van der Waals surface area contributed by atoms with Crippen LogP contribution in [-0.4, -0.2) is 48.6 Å². The predicted octanol–water partition coefficient (Wildman–Crippen LogP) is 2.84. The van der Waals surface area contributed by atoms with Crippen LogP contribution >= 0.6 is 11.8 Å². The Hall–Kier alpha value is 0.270. The van der Waals surface area contributed by atoms with E-state index in [1.165, 1.54) is 56.9 Å². The van der Waals surface area contributed by atoms with E-state index in [-0.39, 0.29) is 0 Å². The Morgan fingerprint density at radius 2 is 2.00 bits per heavy atom. The molecule has 2 heterocycles. The van der Waals surface area contributed by atoms with Gasteiger partial charge < -0.3 is 5.32 Å². The van der Waals surface area contributed by atoms with Gasteiger partial charge in [0.25, 0.3) is 0 Å². The second kappa shape index (κ2) is 6.62. The molecular weight excluding hydrogens is 240 g/mol. The van der Waals surface area contributed by atoms with Gasteiger partial charge in [-0.1, -0.05) is 20.8 Å². The fourth-order valence-corrected chi connectivity index (χ4v) is 5.12. The summed E-state index contributed by atoms with van der Waals surface area (Å²) < 4.78 is 0. The van der Waals surface area contributed by atoms with Gasteiger partial charge in [0, 0.05) is 18.3 Å². The lowest BCUT2D eigenvalue weighted by Gasteiger charge is -2.46. The summed E-state index contributed by atoms with van der Waals surface area (Å²) in [6, 6.07) is 0.788. The summed E-state index contributed by atoms with van der Waals surface area (Å²) in [4.78, 5) is 2.78. The standard InChI is InChI=1S/C15H30N2S/c1-4-17(11-13-5-8-16-9-6-13)14-12-18-10-7-15(14,2)3/h13-14,16H,4-12H2,1-3H3. The fourth-order valence-electron chi connectivity index (χ4n) is 3.39. The lowest BCUT2D eigenvalue weighted by atomic mass is 9.80. The first-order valence-electron chi connectivity index (χ1n) is 7.66. The van der Waals surface area contributed by atoms with E-state index in [4.69, 9.17) is 0 Å². The smallest absolute Gasteiger partial charge is 0.0237 e. The Kier molecular flexibility index (Phi) is 5.40. The van der Waals surface area contributed by atoms with Crippen molar-refractivity contribution in [1.82, 2.24) is 10.2 Å². The van der Waals surface area contributed by atoms with Crippen LogP contribution in [0.15, 0.2) is 0 Å². The van der Waals surface area contributed by atoms with E-state index >= 15 is 0 Å². The van der Waals surface area contributed by atoms with E-state index in [1.54, 1.807) is 0 Å². The summed E-state index contributed by atoms with van der Waals surface area (Å²) in [7, 11) is 0. The summed E-state index contributed by atoms with van der Waals surface area (Å²) in [6.45, 7) is 12.3. The highest BCUT2D eigenvalue weighted by molar-refractivity contribution is 7.99. The molecule has 0 amide bonds. The number of rotatable bonds is 4. The molecule has 0 radical (unpaired) electrons. The molecule has 0 aromatic carbocycles. The summed E-state index contributed by atoms with van der Waals surface area (Å²) in [5.41, 5.74) is 0.508. The van der Waals surface area contributed by atoms with Crippen molar-refractivity contribution in [2.45, 2.75) is 46.1 Å². The molecule has 2 saturated heterocycles. The molecule has 2 aliphatic rings. The van der Waals surface area contributed by atoms with Gasteiger partial charge in [0.15, 0.2) is 0 Å². The van der Waals surface area contributed by atoms with Crippen molar-refractivity contribution in [3.05, 3.63) is 0 Å². The maximum Gasteiger partial charge on any atom is 0.0237 e. The van der Waals surface area contributed by atoms with E-state index in [0.717, 1.165) is 12.0 Å². The Labute approximate surface area is 117 Å². The summed E-state index contributed by atoms with van der Waals surface area (Å²) >= 11 is 2.16. The average molecular weight is 270 g/mol. The number of nitrogens with one attached hydrogen (secondary N) is 1. The maximum atomic E-state index is 3.48. The Balaban J connectivity index is 1.93.